The van der Waals surface area contributed by atoms with Gasteiger partial charge in [-0.2, -0.15) is 0 Å². The van der Waals surface area contributed by atoms with Gasteiger partial charge < -0.3 is 0 Å². The Bertz CT molecular complexity index is 3160. The third-order valence-electron chi connectivity index (χ3n) is 10.5. The molecule has 264 valence electrons. The number of benzene rings is 6. The number of rotatable bonds is 6. The number of aryl methyl sites for hydroxylation is 1. The van der Waals surface area contributed by atoms with Gasteiger partial charge in [-0.25, -0.2) is 9.97 Å². The topological polar surface area (TPSA) is 77.3 Å². The van der Waals surface area contributed by atoms with Gasteiger partial charge in [-0.15, -0.1) is 20.4 Å². The highest BCUT2D eigenvalue weighted by Gasteiger charge is 2.18. The molecule has 0 amide bonds. The van der Waals surface area contributed by atoms with Crippen LogP contribution >= 0.6 is 22.7 Å². The third-order valence-corrected chi connectivity index (χ3v) is 12.5. The molecule has 0 radical (unpaired) electrons. The summed E-state index contributed by atoms with van der Waals surface area (Å²) in [5.74, 6) is 0. The van der Waals surface area contributed by atoms with Crippen LogP contribution in [0.2, 0.25) is 0 Å². The van der Waals surface area contributed by atoms with Gasteiger partial charge in [-0.1, -0.05) is 144 Å². The molecule has 1 aliphatic rings. The third kappa shape index (κ3) is 5.70. The molecule has 0 N–H and O–H groups in total. The number of pyridine rings is 2. The predicted molar refractivity (Wildman–Crippen MR) is 231 cm³/mol. The van der Waals surface area contributed by atoms with Crippen LogP contribution in [0.15, 0.2) is 152 Å². The first kappa shape index (κ1) is 32.7. The van der Waals surface area contributed by atoms with Crippen molar-refractivity contribution in [3.05, 3.63) is 163 Å². The van der Waals surface area contributed by atoms with Gasteiger partial charge in [-0.05, 0) is 92.7 Å². The standard InChI is InChI=1S/C48H30N6S2/c1-3-13-33-31(11-1)27-39(37-17-7-5-15-35(33)37)41-19-9-21-43(49-41)47-53-51-45(55-47)29-23-25-30(26-24-29)46-52-54-48(56-46)44-22-10-20-42(50-44)40-28-32-12-2-4-14-34(32)36-16-6-8-18-38(36)40/h1-3,5-13,15-28H,4,14H2. The summed E-state index contributed by atoms with van der Waals surface area (Å²) in [6.45, 7) is 0. The zero-order valence-corrected chi connectivity index (χ0v) is 31.6. The van der Waals surface area contributed by atoms with Crippen molar-refractivity contribution in [3.8, 4) is 65.1 Å². The number of aromatic nitrogens is 6. The monoisotopic (exact) mass is 754 g/mol. The molecule has 8 heteroatoms. The molecule has 0 saturated heterocycles. The molecule has 10 aromatic rings. The highest BCUT2D eigenvalue weighted by atomic mass is 32.1. The van der Waals surface area contributed by atoms with Crippen LogP contribution in [0.25, 0.3) is 103 Å². The van der Waals surface area contributed by atoms with Gasteiger partial charge in [0.25, 0.3) is 0 Å². The molecule has 0 fully saturated rings. The summed E-state index contributed by atoms with van der Waals surface area (Å²) >= 11 is 3.08. The fourth-order valence-electron chi connectivity index (χ4n) is 7.85. The molecule has 6 nitrogen and oxygen atoms in total. The first-order valence-corrected chi connectivity index (χ1v) is 20.2. The van der Waals surface area contributed by atoms with E-state index in [0.29, 0.717) is 0 Å². The smallest absolute Gasteiger partial charge is 0.166 e. The SMILES string of the molecule is C1=Cc2cc(-c3cccc(-c4nnc(-c5ccc(-c6nnc(-c7cccc(-c8cc9ccccc9c9ccccc89)n7)s6)cc5)s4)n3)c3ccccc3c2CC1. The van der Waals surface area contributed by atoms with Crippen molar-refractivity contribution in [2.24, 2.45) is 0 Å². The normalized spacial score (nSPS) is 12.4. The van der Waals surface area contributed by atoms with Crippen LogP contribution in [0.4, 0.5) is 0 Å². The van der Waals surface area contributed by atoms with E-state index in [9.17, 15) is 0 Å². The molecular weight excluding hydrogens is 725 g/mol. The molecular formula is C48H30N6S2. The lowest BCUT2D eigenvalue weighted by atomic mass is 9.88. The number of allylic oxidation sites excluding steroid dienone is 1. The number of hydrogen-bond donors (Lipinski definition) is 0. The van der Waals surface area contributed by atoms with E-state index >= 15 is 0 Å². The van der Waals surface area contributed by atoms with Crippen molar-refractivity contribution in [2.75, 3.05) is 0 Å². The van der Waals surface area contributed by atoms with Crippen LogP contribution < -0.4 is 0 Å². The molecule has 0 spiro atoms. The largest absolute Gasteiger partial charge is 0.245 e. The molecule has 0 unspecified atom stereocenters. The quantitative estimate of drug-likeness (QED) is 0.157. The maximum atomic E-state index is 5.11. The first-order valence-electron chi connectivity index (χ1n) is 18.6. The first-order chi connectivity index (χ1) is 27.7. The fraction of sp³-hybridized carbons (Fsp3) is 0.0417. The van der Waals surface area contributed by atoms with E-state index in [1.54, 1.807) is 11.3 Å². The second-order valence-electron chi connectivity index (χ2n) is 13.9. The summed E-state index contributed by atoms with van der Waals surface area (Å²) in [6, 6.07) is 50.8. The second-order valence-corrected chi connectivity index (χ2v) is 15.8. The molecule has 0 atom stereocenters. The van der Waals surface area contributed by atoms with Gasteiger partial charge in [0.15, 0.2) is 10.0 Å². The van der Waals surface area contributed by atoms with E-state index in [0.717, 1.165) is 77.9 Å². The molecule has 0 saturated carbocycles. The minimum absolute atomic E-state index is 0.777. The average Bonchev–Trinajstić information content (AvgIpc) is 3.98. The molecule has 6 aromatic carbocycles. The summed E-state index contributed by atoms with van der Waals surface area (Å²) in [4.78, 5) is 10.2. The lowest BCUT2D eigenvalue weighted by Gasteiger charge is -2.17. The lowest BCUT2D eigenvalue weighted by Crippen LogP contribution is -1.98. The molecule has 4 heterocycles. The van der Waals surface area contributed by atoms with Crippen molar-refractivity contribution in [2.45, 2.75) is 12.8 Å². The second kappa shape index (κ2) is 13.5. The highest BCUT2D eigenvalue weighted by molar-refractivity contribution is 7.18. The maximum Gasteiger partial charge on any atom is 0.166 e. The predicted octanol–water partition coefficient (Wildman–Crippen LogP) is 12.6. The van der Waals surface area contributed by atoms with Crippen LogP contribution in [-0.2, 0) is 6.42 Å². The van der Waals surface area contributed by atoms with Gasteiger partial charge in [0.05, 0.1) is 11.4 Å². The van der Waals surface area contributed by atoms with Crippen LogP contribution in [0.1, 0.15) is 17.5 Å². The van der Waals surface area contributed by atoms with Crippen molar-refractivity contribution < 1.29 is 0 Å². The summed E-state index contributed by atoms with van der Waals surface area (Å²) in [6.07, 6.45) is 6.65. The Hall–Kier alpha value is -6.74. The van der Waals surface area contributed by atoms with Crippen molar-refractivity contribution in [1.29, 1.82) is 0 Å². The van der Waals surface area contributed by atoms with Crippen molar-refractivity contribution in [1.82, 2.24) is 30.4 Å². The molecule has 0 bridgehead atoms. The Morgan fingerprint density at radius 2 is 0.911 bits per heavy atom. The van der Waals surface area contributed by atoms with E-state index in [1.807, 2.05) is 18.2 Å². The Balaban J connectivity index is 0.858. The van der Waals surface area contributed by atoms with Crippen LogP contribution in [0, 0.1) is 0 Å². The maximum absolute atomic E-state index is 5.11. The Labute approximate surface area is 330 Å². The van der Waals surface area contributed by atoms with Gasteiger partial charge in [0, 0.05) is 22.3 Å². The van der Waals surface area contributed by atoms with Crippen molar-refractivity contribution >= 4 is 61.1 Å². The van der Waals surface area contributed by atoms with Gasteiger partial charge in [-0.3, -0.25) is 0 Å². The molecule has 0 aliphatic heterocycles. The van der Waals surface area contributed by atoms with Crippen LogP contribution in [0.3, 0.4) is 0 Å². The van der Waals surface area contributed by atoms with Gasteiger partial charge in [0.2, 0.25) is 0 Å². The fourth-order valence-corrected chi connectivity index (χ4v) is 9.49. The summed E-state index contributed by atoms with van der Waals surface area (Å²) in [5, 5.41) is 28.9. The van der Waals surface area contributed by atoms with E-state index in [2.05, 4.69) is 160 Å². The van der Waals surface area contributed by atoms with E-state index in [4.69, 9.17) is 9.97 Å². The minimum Gasteiger partial charge on any atom is -0.245 e. The summed E-state index contributed by atoms with van der Waals surface area (Å²) in [5.41, 5.74) is 10.4. The molecule has 11 rings (SSSR count). The van der Waals surface area contributed by atoms with E-state index < -0.39 is 0 Å². The van der Waals surface area contributed by atoms with Crippen LogP contribution in [0.5, 0.6) is 0 Å². The number of nitrogens with zero attached hydrogens (tertiary/aromatic N) is 6. The Morgan fingerprint density at radius 1 is 0.411 bits per heavy atom. The van der Waals surface area contributed by atoms with Crippen molar-refractivity contribution in [3.63, 3.8) is 0 Å². The van der Waals surface area contributed by atoms with Gasteiger partial charge >= 0.3 is 0 Å². The Kier molecular flexibility index (Phi) is 7.89. The number of hydrogen-bond acceptors (Lipinski definition) is 8. The van der Waals surface area contributed by atoms with Gasteiger partial charge in [0.1, 0.15) is 21.4 Å². The zero-order chi connectivity index (χ0) is 37.0. The molecule has 1 aliphatic carbocycles. The molecule has 56 heavy (non-hydrogen) atoms. The minimum atomic E-state index is 0.777. The molecule has 4 aromatic heterocycles. The summed E-state index contributed by atoms with van der Waals surface area (Å²) < 4.78 is 0. The van der Waals surface area contributed by atoms with E-state index in [1.165, 1.54) is 54.8 Å². The average molecular weight is 755 g/mol. The highest BCUT2D eigenvalue weighted by Crippen LogP contribution is 2.39. The Morgan fingerprint density at radius 3 is 1.55 bits per heavy atom. The van der Waals surface area contributed by atoms with Crippen LogP contribution in [-0.4, -0.2) is 30.4 Å². The number of fused-ring (bicyclic) bond motifs is 6. The van der Waals surface area contributed by atoms with E-state index in [-0.39, 0.29) is 0 Å². The zero-order valence-electron chi connectivity index (χ0n) is 29.9. The lowest BCUT2D eigenvalue weighted by molar-refractivity contribution is 0.997. The summed E-state index contributed by atoms with van der Waals surface area (Å²) in [7, 11) is 0.